The van der Waals surface area contributed by atoms with E-state index in [0.717, 1.165) is 10.9 Å². The topological polar surface area (TPSA) is 26.0 Å². The molecule has 0 heterocycles. The van der Waals surface area contributed by atoms with E-state index in [9.17, 15) is 0 Å². The monoisotopic (exact) mass is 255 g/mol. The SMILES string of the molecule is Cc1ccc(C(N)CC(C)C)c(Br)c1. The highest BCUT2D eigenvalue weighted by molar-refractivity contribution is 9.10. The summed E-state index contributed by atoms with van der Waals surface area (Å²) in [7, 11) is 0. The number of hydrogen-bond donors (Lipinski definition) is 1. The smallest absolute Gasteiger partial charge is 0.0308 e. The molecule has 0 amide bonds. The molecule has 0 aliphatic carbocycles. The van der Waals surface area contributed by atoms with E-state index in [-0.39, 0.29) is 6.04 Å². The number of aryl methyl sites for hydroxylation is 1. The number of hydrogen-bond acceptors (Lipinski definition) is 1. The van der Waals surface area contributed by atoms with Gasteiger partial charge < -0.3 is 5.73 Å². The first-order valence-electron chi connectivity index (χ1n) is 5.02. The third-order valence-electron chi connectivity index (χ3n) is 2.28. The van der Waals surface area contributed by atoms with Gasteiger partial charge in [-0.3, -0.25) is 0 Å². The number of halogens is 1. The summed E-state index contributed by atoms with van der Waals surface area (Å²) in [6, 6.07) is 6.49. The molecule has 0 bridgehead atoms. The first-order valence-corrected chi connectivity index (χ1v) is 5.81. The third-order valence-corrected chi connectivity index (χ3v) is 2.97. The van der Waals surface area contributed by atoms with Crippen LogP contribution >= 0.6 is 15.9 Å². The molecule has 0 saturated heterocycles. The van der Waals surface area contributed by atoms with Gasteiger partial charge in [0.05, 0.1) is 0 Å². The van der Waals surface area contributed by atoms with Gasteiger partial charge >= 0.3 is 0 Å². The summed E-state index contributed by atoms with van der Waals surface area (Å²) < 4.78 is 1.13. The minimum atomic E-state index is 0.143. The van der Waals surface area contributed by atoms with Crippen molar-refractivity contribution in [3.8, 4) is 0 Å². The van der Waals surface area contributed by atoms with Crippen molar-refractivity contribution < 1.29 is 0 Å². The number of rotatable bonds is 3. The van der Waals surface area contributed by atoms with Crippen LogP contribution in [0.1, 0.15) is 37.4 Å². The summed E-state index contributed by atoms with van der Waals surface area (Å²) in [6.07, 6.45) is 1.03. The molecule has 2 N–H and O–H groups in total. The summed E-state index contributed by atoms with van der Waals surface area (Å²) in [4.78, 5) is 0. The Morgan fingerprint density at radius 1 is 1.36 bits per heavy atom. The summed E-state index contributed by atoms with van der Waals surface area (Å²) in [5, 5.41) is 0. The molecule has 1 aromatic carbocycles. The highest BCUT2D eigenvalue weighted by atomic mass is 79.9. The quantitative estimate of drug-likeness (QED) is 0.874. The molecule has 1 aromatic rings. The normalized spacial score (nSPS) is 13.3. The molecule has 0 aromatic heterocycles. The second-order valence-corrected chi connectivity index (χ2v) is 5.12. The van der Waals surface area contributed by atoms with Crippen LogP contribution in [0.5, 0.6) is 0 Å². The first kappa shape index (κ1) is 11.7. The molecule has 1 rings (SSSR count). The van der Waals surface area contributed by atoms with Crippen LogP contribution < -0.4 is 5.73 Å². The molecule has 0 fully saturated rings. The Morgan fingerprint density at radius 2 is 2.00 bits per heavy atom. The lowest BCUT2D eigenvalue weighted by molar-refractivity contribution is 0.509. The van der Waals surface area contributed by atoms with E-state index in [4.69, 9.17) is 5.73 Å². The van der Waals surface area contributed by atoms with Gasteiger partial charge in [0.1, 0.15) is 0 Å². The summed E-state index contributed by atoms with van der Waals surface area (Å²) in [5.74, 6) is 0.637. The summed E-state index contributed by atoms with van der Waals surface area (Å²) >= 11 is 3.56. The lowest BCUT2D eigenvalue weighted by Gasteiger charge is -2.16. The van der Waals surface area contributed by atoms with E-state index in [1.165, 1.54) is 11.1 Å². The number of nitrogens with two attached hydrogens (primary N) is 1. The zero-order valence-electron chi connectivity index (χ0n) is 9.05. The maximum absolute atomic E-state index is 6.12. The average molecular weight is 256 g/mol. The van der Waals surface area contributed by atoms with Crippen molar-refractivity contribution in [3.63, 3.8) is 0 Å². The van der Waals surface area contributed by atoms with Crippen LogP contribution in [0.2, 0.25) is 0 Å². The second kappa shape index (κ2) is 4.94. The van der Waals surface area contributed by atoms with Gasteiger partial charge in [-0.25, -0.2) is 0 Å². The van der Waals surface area contributed by atoms with Crippen LogP contribution in [-0.4, -0.2) is 0 Å². The Balaban J connectivity index is 2.84. The van der Waals surface area contributed by atoms with Gasteiger partial charge in [0, 0.05) is 10.5 Å². The largest absolute Gasteiger partial charge is 0.324 e. The molecule has 1 atom stereocenters. The van der Waals surface area contributed by atoms with Crippen molar-refractivity contribution in [1.29, 1.82) is 0 Å². The van der Waals surface area contributed by atoms with Gasteiger partial charge in [0.2, 0.25) is 0 Å². The third kappa shape index (κ3) is 3.10. The van der Waals surface area contributed by atoms with Gasteiger partial charge in [-0.15, -0.1) is 0 Å². The molecule has 14 heavy (non-hydrogen) atoms. The molecule has 0 aliphatic rings. The summed E-state index contributed by atoms with van der Waals surface area (Å²) in [5.41, 5.74) is 8.59. The standard InChI is InChI=1S/C12H18BrN/c1-8(2)6-12(14)10-5-4-9(3)7-11(10)13/h4-5,7-8,12H,6,14H2,1-3H3. The predicted octanol–water partition coefficient (Wildman–Crippen LogP) is 3.80. The maximum atomic E-state index is 6.12. The lowest BCUT2D eigenvalue weighted by atomic mass is 9.97. The molecule has 1 nitrogen and oxygen atoms in total. The van der Waals surface area contributed by atoms with E-state index < -0.39 is 0 Å². The van der Waals surface area contributed by atoms with E-state index in [0.29, 0.717) is 5.92 Å². The van der Waals surface area contributed by atoms with Crippen molar-refractivity contribution >= 4 is 15.9 Å². The van der Waals surface area contributed by atoms with E-state index in [1.807, 2.05) is 0 Å². The molecular weight excluding hydrogens is 238 g/mol. The maximum Gasteiger partial charge on any atom is 0.0308 e. The molecular formula is C12H18BrN. The predicted molar refractivity (Wildman–Crippen MR) is 65.3 cm³/mol. The highest BCUT2D eigenvalue weighted by Crippen LogP contribution is 2.26. The van der Waals surface area contributed by atoms with Crippen molar-refractivity contribution in [1.82, 2.24) is 0 Å². The Bertz CT molecular complexity index is 307. The molecule has 0 aliphatic heterocycles. The van der Waals surface area contributed by atoms with Crippen LogP contribution in [0.3, 0.4) is 0 Å². The Kier molecular flexibility index (Phi) is 4.14. The molecule has 0 saturated carbocycles. The fraction of sp³-hybridized carbons (Fsp3) is 0.500. The molecule has 1 unspecified atom stereocenters. The molecule has 0 radical (unpaired) electrons. The average Bonchev–Trinajstić information content (AvgIpc) is 2.01. The van der Waals surface area contributed by atoms with Gasteiger partial charge in [0.15, 0.2) is 0 Å². The van der Waals surface area contributed by atoms with E-state index >= 15 is 0 Å². The minimum absolute atomic E-state index is 0.143. The zero-order chi connectivity index (χ0) is 10.7. The van der Waals surface area contributed by atoms with Crippen LogP contribution in [-0.2, 0) is 0 Å². The highest BCUT2D eigenvalue weighted by Gasteiger charge is 2.11. The Labute approximate surface area is 94.8 Å². The van der Waals surface area contributed by atoms with E-state index in [2.05, 4.69) is 54.9 Å². The molecule has 2 heteroatoms. The van der Waals surface area contributed by atoms with Gasteiger partial charge in [0.25, 0.3) is 0 Å². The van der Waals surface area contributed by atoms with Crippen LogP contribution in [0.25, 0.3) is 0 Å². The fourth-order valence-corrected chi connectivity index (χ4v) is 2.35. The van der Waals surface area contributed by atoms with Crippen LogP contribution in [0.4, 0.5) is 0 Å². The molecule has 0 spiro atoms. The van der Waals surface area contributed by atoms with Crippen molar-refractivity contribution in [2.24, 2.45) is 11.7 Å². The zero-order valence-corrected chi connectivity index (χ0v) is 10.6. The fourth-order valence-electron chi connectivity index (χ4n) is 1.57. The minimum Gasteiger partial charge on any atom is -0.324 e. The Hall–Kier alpha value is -0.340. The Morgan fingerprint density at radius 3 is 2.50 bits per heavy atom. The van der Waals surface area contributed by atoms with Gasteiger partial charge in [-0.05, 0) is 36.5 Å². The number of benzene rings is 1. The van der Waals surface area contributed by atoms with E-state index in [1.54, 1.807) is 0 Å². The van der Waals surface area contributed by atoms with Gasteiger partial charge in [-0.1, -0.05) is 41.9 Å². The van der Waals surface area contributed by atoms with Crippen LogP contribution in [0, 0.1) is 12.8 Å². The second-order valence-electron chi connectivity index (χ2n) is 4.26. The van der Waals surface area contributed by atoms with Gasteiger partial charge in [-0.2, -0.15) is 0 Å². The molecule has 78 valence electrons. The van der Waals surface area contributed by atoms with Crippen molar-refractivity contribution in [2.45, 2.75) is 33.2 Å². The summed E-state index contributed by atoms with van der Waals surface area (Å²) in [6.45, 7) is 6.48. The first-order chi connectivity index (χ1) is 6.50. The van der Waals surface area contributed by atoms with Crippen LogP contribution in [0.15, 0.2) is 22.7 Å². The van der Waals surface area contributed by atoms with Crippen molar-refractivity contribution in [2.75, 3.05) is 0 Å². The lowest BCUT2D eigenvalue weighted by Crippen LogP contribution is -2.13. The van der Waals surface area contributed by atoms with Crippen molar-refractivity contribution in [3.05, 3.63) is 33.8 Å².